The summed E-state index contributed by atoms with van der Waals surface area (Å²) >= 11 is 0. The number of hydrogen-bond donors (Lipinski definition) is 1. The topological polar surface area (TPSA) is 97.5 Å². The number of nitrogens with zero attached hydrogens (tertiary/aromatic N) is 1. The lowest BCUT2D eigenvalue weighted by molar-refractivity contribution is -0.387. The van der Waals surface area contributed by atoms with Crippen LogP contribution >= 0.6 is 0 Å². The maximum Gasteiger partial charge on any atom is 0.307 e. The number of carboxylic acids is 1. The average molecular weight is 271 g/mol. The Morgan fingerprint density at radius 1 is 1.39 bits per heavy atom. The van der Waals surface area contributed by atoms with E-state index in [1.54, 1.807) is 6.07 Å². The summed E-state index contributed by atoms with van der Waals surface area (Å²) in [5, 5.41) is 19.0. The Hall–Kier alpha value is -1.76. The van der Waals surface area contributed by atoms with E-state index in [2.05, 4.69) is 0 Å². The van der Waals surface area contributed by atoms with Gasteiger partial charge in [0.05, 0.1) is 21.6 Å². The summed E-state index contributed by atoms with van der Waals surface area (Å²) in [5.41, 5.74) is -0.250. The fraction of sp³-hybridized carbons (Fsp3) is 0.364. The SMILES string of the molecule is CC(C(=O)O)C(C)S(=O)c1ccccc1[N+](=O)[O-]. The van der Waals surface area contributed by atoms with Gasteiger partial charge in [-0.05, 0) is 13.0 Å². The summed E-state index contributed by atoms with van der Waals surface area (Å²) in [6, 6.07) is 5.66. The third kappa shape index (κ3) is 2.92. The molecule has 6 nitrogen and oxygen atoms in total. The molecule has 0 saturated heterocycles. The van der Waals surface area contributed by atoms with E-state index in [0.717, 1.165) is 0 Å². The molecule has 3 atom stereocenters. The van der Waals surface area contributed by atoms with Gasteiger partial charge in [0.25, 0.3) is 5.69 Å². The van der Waals surface area contributed by atoms with Crippen molar-refractivity contribution in [3.05, 3.63) is 34.4 Å². The molecule has 0 heterocycles. The first-order valence-electron chi connectivity index (χ1n) is 5.23. The van der Waals surface area contributed by atoms with Crippen molar-refractivity contribution in [2.24, 2.45) is 5.92 Å². The van der Waals surface area contributed by atoms with Gasteiger partial charge < -0.3 is 5.11 Å². The molecule has 3 unspecified atom stereocenters. The number of nitro benzene ring substituents is 1. The summed E-state index contributed by atoms with van der Waals surface area (Å²) in [4.78, 5) is 21.1. The van der Waals surface area contributed by atoms with E-state index < -0.39 is 32.9 Å². The van der Waals surface area contributed by atoms with Gasteiger partial charge in [-0.1, -0.05) is 19.1 Å². The quantitative estimate of drug-likeness (QED) is 0.650. The van der Waals surface area contributed by atoms with E-state index in [9.17, 15) is 19.1 Å². The molecular formula is C11H13NO5S. The van der Waals surface area contributed by atoms with Gasteiger partial charge in [0.15, 0.2) is 0 Å². The summed E-state index contributed by atoms with van der Waals surface area (Å²) < 4.78 is 12.2. The third-order valence-electron chi connectivity index (χ3n) is 2.71. The third-order valence-corrected chi connectivity index (χ3v) is 4.57. The molecule has 98 valence electrons. The minimum Gasteiger partial charge on any atom is -0.481 e. The number of aliphatic carboxylic acids is 1. The smallest absolute Gasteiger partial charge is 0.307 e. The maximum atomic E-state index is 12.2. The van der Waals surface area contributed by atoms with Gasteiger partial charge in [-0.3, -0.25) is 19.1 Å². The first-order chi connectivity index (χ1) is 8.36. The molecule has 7 heteroatoms. The number of carboxylic acid groups (broad SMARTS) is 1. The van der Waals surface area contributed by atoms with Crippen molar-refractivity contribution in [3.63, 3.8) is 0 Å². The molecule has 1 rings (SSSR count). The zero-order valence-electron chi connectivity index (χ0n) is 9.90. The standard InChI is InChI=1S/C11H13NO5S/c1-7(11(13)14)8(2)18(17)10-6-4-3-5-9(10)12(15)16/h3-8H,1-2H3,(H,13,14). The van der Waals surface area contributed by atoms with E-state index in [1.165, 1.54) is 32.0 Å². The zero-order valence-corrected chi connectivity index (χ0v) is 10.7. The normalized spacial score (nSPS) is 15.7. The van der Waals surface area contributed by atoms with Gasteiger partial charge >= 0.3 is 5.97 Å². The van der Waals surface area contributed by atoms with Gasteiger partial charge in [0.2, 0.25) is 0 Å². The molecule has 0 bridgehead atoms. The predicted molar refractivity (Wildman–Crippen MR) is 65.8 cm³/mol. The van der Waals surface area contributed by atoms with Crippen molar-refractivity contribution in [1.29, 1.82) is 0 Å². The highest BCUT2D eigenvalue weighted by Crippen LogP contribution is 2.26. The van der Waals surface area contributed by atoms with Gasteiger partial charge in [-0.15, -0.1) is 0 Å². The second kappa shape index (κ2) is 5.72. The Morgan fingerprint density at radius 2 is 1.94 bits per heavy atom. The molecule has 0 saturated carbocycles. The molecule has 0 aromatic heterocycles. The van der Waals surface area contributed by atoms with E-state index in [-0.39, 0.29) is 10.6 Å². The second-order valence-electron chi connectivity index (χ2n) is 3.85. The highest BCUT2D eigenvalue weighted by molar-refractivity contribution is 7.85. The molecular weight excluding hydrogens is 258 g/mol. The van der Waals surface area contributed by atoms with E-state index in [4.69, 9.17) is 5.11 Å². The highest BCUT2D eigenvalue weighted by Gasteiger charge is 2.29. The first-order valence-corrected chi connectivity index (χ1v) is 6.44. The molecule has 0 fully saturated rings. The fourth-order valence-electron chi connectivity index (χ4n) is 1.36. The van der Waals surface area contributed by atoms with E-state index in [1.807, 2.05) is 0 Å². The molecule has 0 amide bonds. The number of para-hydroxylation sites is 1. The summed E-state index contributed by atoms with van der Waals surface area (Å²) in [5.74, 6) is -1.92. The lowest BCUT2D eigenvalue weighted by Crippen LogP contribution is -2.27. The van der Waals surface area contributed by atoms with Gasteiger partial charge in [0.1, 0.15) is 4.90 Å². The molecule has 18 heavy (non-hydrogen) atoms. The summed E-state index contributed by atoms with van der Waals surface area (Å²) in [6.45, 7) is 2.94. The molecule has 0 radical (unpaired) electrons. The van der Waals surface area contributed by atoms with Crippen LogP contribution in [-0.2, 0) is 15.6 Å². The maximum absolute atomic E-state index is 12.2. The monoisotopic (exact) mass is 271 g/mol. The van der Waals surface area contributed by atoms with Crippen LogP contribution in [0.3, 0.4) is 0 Å². The lowest BCUT2D eigenvalue weighted by atomic mass is 10.1. The Balaban J connectivity index is 3.11. The minimum absolute atomic E-state index is 0.0584. The van der Waals surface area contributed by atoms with Crippen LogP contribution in [0, 0.1) is 16.0 Å². The number of nitro groups is 1. The Morgan fingerprint density at radius 3 is 2.44 bits per heavy atom. The van der Waals surface area contributed by atoms with Crippen LogP contribution in [-0.4, -0.2) is 25.5 Å². The van der Waals surface area contributed by atoms with Crippen LogP contribution in [0.4, 0.5) is 5.69 Å². The number of carbonyl (C=O) groups is 1. The van der Waals surface area contributed by atoms with E-state index in [0.29, 0.717) is 0 Å². The van der Waals surface area contributed by atoms with Crippen LogP contribution < -0.4 is 0 Å². The van der Waals surface area contributed by atoms with Crippen molar-refractivity contribution in [1.82, 2.24) is 0 Å². The fourth-order valence-corrected chi connectivity index (χ4v) is 2.81. The molecule has 0 aliphatic rings. The zero-order chi connectivity index (χ0) is 13.9. The molecule has 0 spiro atoms. The van der Waals surface area contributed by atoms with Crippen LogP contribution in [0.5, 0.6) is 0 Å². The molecule has 0 aliphatic heterocycles. The Bertz CT molecular complexity index is 502. The highest BCUT2D eigenvalue weighted by atomic mass is 32.2. The summed E-state index contributed by atoms with van der Waals surface area (Å²) in [7, 11) is -1.73. The van der Waals surface area contributed by atoms with Crippen LogP contribution in [0.2, 0.25) is 0 Å². The van der Waals surface area contributed by atoms with Gasteiger partial charge in [-0.2, -0.15) is 0 Å². The van der Waals surface area contributed by atoms with Crippen molar-refractivity contribution in [2.45, 2.75) is 24.0 Å². The lowest BCUT2D eigenvalue weighted by Gasteiger charge is -2.15. The second-order valence-corrected chi connectivity index (χ2v) is 5.63. The Labute approximate surface area is 106 Å². The minimum atomic E-state index is -1.73. The van der Waals surface area contributed by atoms with Gasteiger partial charge in [-0.25, -0.2) is 0 Å². The van der Waals surface area contributed by atoms with Gasteiger partial charge in [0, 0.05) is 11.3 Å². The number of rotatable bonds is 5. The molecule has 1 aromatic carbocycles. The van der Waals surface area contributed by atoms with Crippen LogP contribution in [0.15, 0.2) is 29.2 Å². The molecule has 0 aliphatic carbocycles. The van der Waals surface area contributed by atoms with Crippen molar-refractivity contribution >= 4 is 22.5 Å². The molecule has 1 aromatic rings. The first kappa shape index (κ1) is 14.3. The largest absolute Gasteiger partial charge is 0.481 e. The predicted octanol–water partition coefficient (Wildman–Crippen LogP) is 1.81. The van der Waals surface area contributed by atoms with Crippen molar-refractivity contribution in [2.75, 3.05) is 0 Å². The number of benzene rings is 1. The van der Waals surface area contributed by atoms with Crippen LogP contribution in [0.1, 0.15) is 13.8 Å². The van der Waals surface area contributed by atoms with Crippen LogP contribution in [0.25, 0.3) is 0 Å². The van der Waals surface area contributed by atoms with E-state index >= 15 is 0 Å². The van der Waals surface area contributed by atoms with Crippen molar-refractivity contribution < 1.29 is 19.0 Å². The number of hydrogen-bond acceptors (Lipinski definition) is 4. The van der Waals surface area contributed by atoms with Crippen molar-refractivity contribution in [3.8, 4) is 0 Å². The molecule has 1 N–H and O–H groups in total. The Kier molecular flexibility index (Phi) is 4.55. The summed E-state index contributed by atoms with van der Waals surface area (Å²) in [6.07, 6.45) is 0. The average Bonchev–Trinajstić information content (AvgIpc) is 2.35.